The molecule has 26 heavy (non-hydrogen) atoms. The summed E-state index contributed by atoms with van der Waals surface area (Å²) in [6.07, 6.45) is 4.98. The first-order valence-corrected chi connectivity index (χ1v) is 9.32. The van der Waals surface area contributed by atoms with Gasteiger partial charge in [-0.05, 0) is 24.5 Å². The zero-order valence-corrected chi connectivity index (χ0v) is 15.6. The van der Waals surface area contributed by atoms with E-state index in [1.54, 1.807) is 0 Å². The van der Waals surface area contributed by atoms with Gasteiger partial charge in [-0.1, -0.05) is 37.3 Å². The molecule has 1 aromatic carbocycles. The van der Waals surface area contributed by atoms with Crippen molar-refractivity contribution in [1.82, 2.24) is 9.62 Å². The van der Waals surface area contributed by atoms with E-state index in [9.17, 15) is 13.2 Å². The first-order chi connectivity index (χ1) is 12.5. The van der Waals surface area contributed by atoms with Crippen LogP contribution in [-0.2, 0) is 26.9 Å². The van der Waals surface area contributed by atoms with Gasteiger partial charge in [0.1, 0.15) is 0 Å². The molecular weight excluding hydrogens is 356 g/mol. The number of hydrogen-bond acceptors (Lipinski definition) is 6. The van der Waals surface area contributed by atoms with Crippen molar-refractivity contribution < 1.29 is 18.0 Å². The van der Waals surface area contributed by atoms with Gasteiger partial charge in [0.2, 0.25) is 10.9 Å². The van der Waals surface area contributed by atoms with E-state index in [2.05, 4.69) is 10.2 Å². The highest BCUT2D eigenvalue weighted by Crippen LogP contribution is 2.06. The summed E-state index contributed by atoms with van der Waals surface area (Å²) < 4.78 is 23.4. The van der Waals surface area contributed by atoms with Crippen LogP contribution >= 0.6 is 0 Å². The summed E-state index contributed by atoms with van der Waals surface area (Å²) in [5, 5.41) is 2.79. The Morgan fingerprint density at radius 3 is 2.58 bits per heavy atom. The molecule has 0 aliphatic heterocycles. The molecule has 0 aliphatic rings. The van der Waals surface area contributed by atoms with E-state index in [1.165, 1.54) is 12.3 Å². The Labute approximate surface area is 155 Å². The Morgan fingerprint density at radius 1 is 1.35 bits per heavy atom. The number of carbonyl (C=O) groups is 1. The average Bonchev–Trinajstić information content (AvgIpc) is 2.62. The molecule has 5 N–H and O–H groups in total. The van der Waals surface area contributed by atoms with Crippen molar-refractivity contribution in [2.45, 2.75) is 25.8 Å². The number of thiol groups is 1. The molecule has 1 amide bonds. The molecule has 1 aromatic rings. The molecular formula is C17H26N4O4S. The lowest BCUT2D eigenvalue weighted by Gasteiger charge is -2.18. The highest BCUT2D eigenvalue weighted by Gasteiger charge is 2.15. The smallest absolute Gasteiger partial charge is 0.253 e. The van der Waals surface area contributed by atoms with Crippen LogP contribution in [0.5, 0.6) is 0 Å². The molecule has 0 heterocycles. The van der Waals surface area contributed by atoms with Crippen LogP contribution < -0.4 is 16.9 Å². The monoisotopic (exact) mass is 382 g/mol. The highest BCUT2D eigenvalue weighted by atomic mass is 32.2. The van der Waals surface area contributed by atoms with Gasteiger partial charge < -0.3 is 15.9 Å². The molecule has 0 saturated heterocycles. The van der Waals surface area contributed by atoms with Crippen molar-refractivity contribution in [1.29, 1.82) is 0 Å². The van der Waals surface area contributed by atoms with E-state index in [-0.39, 0.29) is 18.2 Å². The van der Waals surface area contributed by atoms with Gasteiger partial charge in [0.15, 0.2) is 0 Å². The molecule has 0 spiro atoms. The lowest BCUT2D eigenvalue weighted by atomic mass is 10.1. The van der Waals surface area contributed by atoms with Crippen LogP contribution in [0.3, 0.4) is 0 Å². The Balaban J connectivity index is 2.78. The SMILES string of the molecule is CCCN(C=C/C(=C\N)C(=O)N[C@H](CON)Cc1ccccc1)[SH](=O)=O. The van der Waals surface area contributed by atoms with Crippen molar-refractivity contribution in [3.63, 3.8) is 0 Å². The summed E-state index contributed by atoms with van der Waals surface area (Å²) in [5.74, 6) is 4.71. The Kier molecular flexibility index (Phi) is 10.1. The quantitative estimate of drug-likeness (QED) is 0.187. The number of nitrogens with zero attached hydrogens (tertiary/aromatic N) is 1. The molecule has 0 radical (unpaired) electrons. The van der Waals surface area contributed by atoms with Crippen LogP contribution in [0.25, 0.3) is 0 Å². The number of hydrogen-bond donors (Lipinski definition) is 4. The predicted octanol–water partition coefficient (Wildman–Crippen LogP) is 0.199. The number of nitrogens with one attached hydrogen (secondary N) is 1. The zero-order chi connectivity index (χ0) is 19.4. The van der Waals surface area contributed by atoms with Crippen molar-refractivity contribution in [2.24, 2.45) is 11.6 Å². The van der Waals surface area contributed by atoms with Gasteiger partial charge >= 0.3 is 0 Å². The summed E-state index contributed by atoms with van der Waals surface area (Å²) in [5.41, 5.74) is 6.66. The van der Waals surface area contributed by atoms with Gasteiger partial charge in [-0.2, -0.15) is 0 Å². The van der Waals surface area contributed by atoms with Crippen molar-refractivity contribution in [3.05, 3.63) is 59.9 Å². The Morgan fingerprint density at radius 2 is 2.04 bits per heavy atom. The molecule has 8 nitrogen and oxygen atoms in total. The van der Waals surface area contributed by atoms with Crippen LogP contribution in [0.15, 0.2) is 54.4 Å². The third kappa shape index (κ3) is 7.68. The van der Waals surface area contributed by atoms with Crippen molar-refractivity contribution in [3.8, 4) is 0 Å². The fourth-order valence-electron chi connectivity index (χ4n) is 2.25. The van der Waals surface area contributed by atoms with E-state index < -0.39 is 16.8 Å². The predicted molar refractivity (Wildman–Crippen MR) is 101 cm³/mol. The molecule has 1 rings (SSSR count). The second kappa shape index (κ2) is 12.1. The van der Waals surface area contributed by atoms with Gasteiger partial charge in [-0.15, -0.1) is 0 Å². The first kappa shape index (κ1) is 21.7. The molecule has 1 atom stereocenters. The maximum absolute atomic E-state index is 12.4. The summed E-state index contributed by atoms with van der Waals surface area (Å²) in [7, 11) is -2.77. The number of benzene rings is 1. The topological polar surface area (TPSA) is 128 Å². The second-order valence-electron chi connectivity index (χ2n) is 5.53. The zero-order valence-electron chi connectivity index (χ0n) is 14.7. The summed E-state index contributed by atoms with van der Waals surface area (Å²) >= 11 is 0. The van der Waals surface area contributed by atoms with Crippen LogP contribution in [0.4, 0.5) is 0 Å². The molecule has 0 aromatic heterocycles. The molecule has 0 unspecified atom stereocenters. The third-order valence-electron chi connectivity index (χ3n) is 3.49. The fourth-order valence-corrected chi connectivity index (χ4v) is 2.79. The van der Waals surface area contributed by atoms with E-state index in [0.717, 1.165) is 16.1 Å². The van der Waals surface area contributed by atoms with Crippen LogP contribution in [0.1, 0.15) is 18.9 Å². The minimum Gasteiger partial charge on any atom is -0.404 e. The highest BCUT2D eigenvalue weighted by molar-refractivity contribution is 7.70. The minimum atomic E-state index is -2.77. The maximum Gasteiger partial charge on any atom is 0.253 e. The summed E-state index contributed by atoms with van der Waals surface area (Å²) in [4.78, 5) is 17.1. The number of carbonyl (C=O) groups excluding carboxylic acids is 1. The van der Waals surface area contributed by atoms with Gasteiger partial charge in [0, 0.05) is 18.9 Å². The van der Waals surface area contributed by atoms with Crippen molar-refractivity contribution in [2.75, 3.05) is 13.2 Å². The van der Waals surface area contributed by atoms with Gasteiger partial charge in [-0.25, -0.2) is 14.3 Å². The molecule has 0 aliphatic carbocycles. The van der Waals surface area contributed by atoms with E-state index in [1.807, 2.05) is 37.3 Å². The van der Waals surface area contributed by atoms with E-state index in [0.29, 0.717) is 19.4 Å². The minimum absolute atomic E-state index is 0.122. The number of amides is 1. The summed E-state index contributed by atoms with van der Waals surface area (Å²) in [6, 6.07) is 9.21. The Bertz CT molecular complexity index is 681. The molecule has 9 heteroatoms. The first-order valence-electron chi connectivity index (χ1n) is 8.19. The normalized spacial score (nSPS) is 13.1. The van der Waals surface area contributed by atoms with Crippen LogP contribution in [-0.4, -0.2) is 37.8 Å². The molecule has 0 saturated carbocycles. The Hall–Kier alpha value is -2.36. The number of rotatable bonds is 11. The number of nitrogens with two attached hydrogens (primary N) is 2. The lowest BCUT2D eigenvalue weighted by Crippen LogP contribution is -2.41. The molecule has 144 valence electrons. The average molecular weight is 382 g/mol. The fraction of sp³-hybridized carbons (Fsp3) is 0.353. The van der Waals surface area contributed by atoms with Gasteiger partial charge in [0.05, 0.1) is 18.2 Å². The van der Waals surface area contributed by atoms with Crippen LogP contribution in [0.2, 0.25) is 0 Å². The largest absolute Gasteiger partial charge is 0.404 e. The maximum atomic E-state index is 12.4. The van der Waals surface area contributed by atoms with E-state index in [4.69, 9.17) is 11.6 Å². The third-order valence-corrected chi connectivity index (χ3v) is 4.24. The summed E-state index contributed by atoms with van der Waals surface area (Å²) in [6.45, 7) is 2.30. The van der Waals surface area contributed by atoms with Crippen LogP contribution in [0, 0.1) is 0 Å². The molecule has 0 fully saturated rings. The standard InChI is InChI=1S/C17H26N4O4S/c1-2-9-21(26(23)24)10-8-15(12-18)17(22)20-16(13-25-19)11-14-6-4-3-5-7-14/h3-8,10,12,16,26H,2,9,11,13,18-19H2,1H3,(H,20,22)/b10-8?,15-12+/t16-/m0/s1. The lowest BCUT2D eigenvalue weighted by molar-refractivity contribution is -0.118. The van der Waals surface area contributed by atoms with Gasteiger partial charge in [0.25, 0.3) is 5.91 Å². The van der Waals surface area contributed by atoms with Crippen molar-refractivity contribution >= 4 is 16.8 Å². The second-order valence-corrected chi connectivity index (χ2v) is 6.52. The van der Waals surface area contributed by atoms with E-state index >= 15 is 0 Å². The van der Waals surface area contributed by atoms with Gasteiger partial charge in [-0.3, -0.25) is 9.10 Å². The molecule has 0 bridgehead atoms.